The van der Waals surface area contributed by atoms with Crippen molar-refractivity contribution in [1.29, 1.82) is 0 Å². The van der Waals surface area contributed by atoms with Crippen LogP contribution in [0.2, 0.25) is 0 Å². The molecule has 1 N–H and O–H groups in total. The van der Waals surface area contributed by atoms with E-state index in [0.29, 0.717) is 18.0 Å². The molecule has 1 aliphatic rings. The molecule has 130 valence electrons. The molecule has 1 aromatic heterocycles. The zero-order chi connectivity index (χ0) is 17.9. The quantitative estimate of drug-likeness (QED) is 0.785. The molecule has 6 nitrogen and oxygen atoms in total. The molecule has 26 heavy (non-hydrogen) atoms. The SMILES string of the molecule is O=C(Nc1cccc(-c2cnco2)c1)[C@H]1CC(=O)N(c2ccccc2)C1. The number of rotatable bonds is 4. The Morgan fingerprint density at radius 3 is 2.77 bits per heavy atom. The molecule has 2 amide bonds. The van der Waals surface area contributed by atoms with Crippen molar-refractivity contribution in [2.45, 2.75) is 6.42 Å². The first-order valence-corrected chi connectivity index (χ1v) is 8.36. The van der Waals surface area contributed by atoms with Gasteiger partial charge in [-0.25, -0.2) is 4.98 Å². The van der Waals surface area contributed by atoms with Crippen molar-refractivity contribution >= 4 is 23.2 Å². The Hall–Kier alpha value is -3.41. The molecule has 0 bridgehead atoms. The number of hydrogen-bond donors (Lipinski definition) is 1. The highest BCUT2D eigenvalue weighted by atomic mass is 16.3. The van der Waals surface area contributed by atoms with E-state index < -0.39 is 0 Å². The van der Waals surface area contributed by atoms with Crippen molar-refractivity contribution in [1.82, 2.24) is 4.98 Å². The van der Waals surface area contributed by atoms with Gasteiger partial charge < -0.3 is 14.6 Å². The first kappa shape index (κ1) is 16.1. The van der Waals surface area contributed by atoms with E-state index in [4.69, 9.17) is 4.42 Å². The minimum atomic E-state index is -0.378. The van der Waals surface area contributed by atoms with Crippen LogP contribution in [0.1, 0.15) is 6.42 Å². The highest BCUT2D eigenvalue weighted by Gasteiger charge is 2.35. The van der Waals surface area contributed by atoms with E-state index in [1.807, 2.05) is 54.6 Å². The minimum absolute atomic E-state index is 0.0354. The maximum Gasteiger partial charge on any atom is 0.229 e. The van der Waals surface area contributed by atoms with Gasteiger partial charge in [-0.2, -0.15) is 0 Å². The van der Waals surface area contributed by atoms with Crippen molar-refractivity contribution in [3.05, 3.63) is 67.2 Å². The molecule has 4 rings (SSSR count). The number of nitrogens with one attached hydrogen (secondary N) is 1. The van der Waals surface area contributed by atoms with Gasteiger partial charge >= 0.3 is 0 Å². The van der Waals surface area contributed by atoms with Crippen LogP contribution >= 0.6 is 0 Å². The summed E-state index contributed by atoms with van der Waals surface area (Å²) < 4.78 is 5.28. The Kier molecular flexibility index (Phi) is 4.23. The predicted molar refractivity (Wildman–Crippen MR) is 97.5 cm³/mol. The van der Waals surface area contributed by atoms with E-state index in [1.165, 1.54) is 6.39 Å². The second-order valence-electron chi connectivity index (χ2n) is 6.18. The maximum atomic E-state index is 12.6. The molecule has 0 radical (unpaired) electrons. The van der Waals surface area contributed by atoms with Crippen LogP contribution in [0.5, 0.6) is 0 Å². The van der Waals surface area contributed by atoms with E-state index in [2.05, 4.69) is 10.3 Å². The third-order valence-corrected chi connectivity index (χ3v) is 4.41. The van der Waals surface area contributed by atoms with Crippen molar-refractivity contribution in [3.8, 4) is 11.3 Å². The topological polar surface area (TPSA) is 75.4 Å². The van der Waals surface area contributed by atoms with Crippen molar-refractivity contribution in [3.63, 3.8) is 0 Å². The van der Waals surface area contributed by atoms with Gasteiger partial charge in [-0.05, 0) is 24.3 Å². The number of aromatic nitrogens is 1. The van der Waals surface area contributed by atoms with E-state index in [1.54, 1.807) is 11.1 Å². The predicted octanol–water partition coefficient (Wildman–Crippen LogP) is 3.33. The lowest BCUT2D eigenvalue weighted by molar-refractivity contribution is -0.122. The molecule has 1 saturated heterocycles. The van der Waals surface area contributed by atoms with Crippen LogP contribution in [0.3, 0.4) is 0 Å². The zero-order valence-electron chi connectivity index (χ0n) is 14.0. The molecular formula is C20H17N3O3. The highest BCUT2D eigenvalue weighted by Crippen LogP contribution is 2.27. The van der Waals surface area contributed by atoms with Crippen molar-refractivity contribution < 1.29 is 14.0 Å². The number of anilines is 2. The Bertz CT molecular complexity index is 922. The van der Waals surface area contributed by atoms with Crippen LogP contribution in [0.4, 0.5) is 11.4 Å². The minimum Gasteiger partial charge on any atom is -0.444 e. The normalized spacial score (nSPS) is 16.7. The molecule has 0 unspecified atom stereocenters. The number of oxazole rings is 1. The lowest BCUT2D eigenvalue weighted by Crippen LogP contribution is -2.28. The lowest BCUT2D eigenvalue weighted by Gasteiger charge is -2.16. The highest BCUT2D eigenvalue weighted by molar-refractivity contribution is 6.03. The number of benzene rings is 2. The zero-order valence-corrected chi connectivity index (χ0v) is 14.0. The largest absolute Gasteiger partial charge is 0.444 e. The maximum absolute atomic E-state index is 12.6. The molecule has 2 heterocycles. The van der Waals surface area contributed by atoms with E-state index >= 15 is 0 Å². The number of hydrogen-bond acceptors (Lipinski definition) is 4. The average molecular weight is 347 g/mol. The van der Waals surface area contributed by atoms with Gasteiger partial charge in [-0.1, -0.05) is 30.3 Å². The molecule has 0 spiro atoms. The molecule has 0 aliphatic carbocycles. The standard InChI is InChI=1S/C20H17N3O3/c24-19-10-15(12-23(19)17-7-2-1-3-8-17)20(25)22-16-6-4-5-14(9-16)18-11-21-13-26-18/h1-9,11,13,15H,10,12H2,(H,22,25)/t15-/m0/s1. The Balaban J connectivity index is 1.46. The van der Waals surface area contributed by atoms with Gasteiger partial charge in [0, 0.05) is 29.9 Å². The van der Waals surface area contributed by atoms with Crippen molar-refractivity contribution in [2.24, 2.45) is 5.92 Å². The third-order valence-electron chi connectivity index (χ3n) is 4.41. The molecule has 1 aliphatic heterocycles. The smallest absolute Gasteiger partial charge is 0.229 e. The summed E-state index contributed by atoms with van der Waals surface area (Å²) in [5.41, 5.74) is 2.31. The summed E-state index contributed by atoms with van der Waals surface area (Å²) in [6.45, 7) is 0.385. The fourth-order valence-corrected chi connectivity index (χ4v) is 3.09. The van der Waals surface area contributed by atoms with Crippen LogP contribution in [-0.2, 0) is 9.59 Å². The van der Waals surface area contributed by atoms with Crippen LogP contribution < -0.4 is 10.2 Å². The summed E-state index contributed by atoms with van der Waals surface area (Å²) in [5, 5.41) is 2.90. The molecule has 6 heteroatoms. The number of carbonyl (C=O) groups is 2. The number of amides is 2. The van der Waals surface area contributed by atoms with Gasteiger partial charge in [0.15, 0.2) is 12.2 Å². The number of carbonyl (C=O) groups excluding carboxylic acids is 2. The third kappa shape index (κ3) is 3.21. The van der Waals surface area contributed by atoms with E-state index in [0.717, 1.165) is 11.3 Å². The summed E-state index contributed by atoms with van der Waals surface area (Å²) in [4.78, 5) is 30.4. The van der Waals surface area contributed by atoms with E-state index in [-0.39, 0.29) is 24.2 Å². The summed E-state index contributed by atoms with van der Waals surface area (Å²) >= 11 is 0. The fraction of sp³-hybridized carbons (Fsp3) is 0.150. The summed E-state index contributed by atoms with van der Waals surface area (Å²) in [7, 11) is 0. The van der Waals surface area contributed by atoms with Crippen LogP contribution in [0, 0.1) is 5.92 Å². The van der Waals surface area contributed by atoms with Crippen molar-refractivity contribution in [2.75, 3.05) is 16.8 Å². The Morgan fingerprint density at radius 1 is 1.15 bits per heavy atom. The Morgan fingerprint density at radius 2 is 2.00 bits per heavy atom. The molecule has 1 fully saturated rings. The molecule has 2 aromatic carbocycles. The summed E-state index contributed by atoms with van der Waals surface area (Å²) in [5.74, 6) is 0.0577. The second kappa shape index (κ2) is 6.84. The number of nitrogens with zero attached hydrogens (tertiary/aromatic N) is 2. The summed E-state index contributed by atoms with van der Waals surface area (Å²) in [6.07, 6.45) is 3.19. The van der Waals surface area contributed by atoms with E-state index in [9.17, 15) is 9.59 Å². The molecular weight excluding hydrogens is 330 g/mol. The monoisotopic (exact) mass is 347 g/mol. The lowest BCUT2D eigenvalue weighted by atomic mass is 10.1. The van der Waals surface area contributed by atoms with Gasteiger partial charge in [0.25, 0.3) is 0 Å². The number of para-hydroxylation sites is 1. The van der Waals surface area contributed by atoms with Crippen LogP contribution in [0.15, 0.2) is 71.6 Å². The van der Waals surface area contributed by atoms with Gasteiger partial charge in [0.2, 0.25) is 11.8 Å². The second-order valence-corrected chi connectivity index (χ2v) is 6.18. The average Bonchev–Trinajstić information content (AvgIpc) is 3.32. The van der Waals surface area contributed by atoms with Gasteiger partial charge in [-0.3, -0.25) is 9.59 Å². The molecule has 1 atom stereocenters. The van der Waals surface area contributed by atoms with Gasteiger partial charge in [-0.15, -0.1) is 0 Å². The first-order chi connectivity index (χ1) is 12.7. The first-order valence-electron chi connectivity index (χ1n) is 8.36. The molecule has 3 aromatic rings. The van der Waals surface area contributed by atoms with Gasteiger partial charge in [0.1, 0.15) is 0 Å². The Labute approximate surface area is 150 Å². The van der Waals surface area contributed by atoms with Crippen LogP contribution in [0.25, 0.3) is 11.3 Å². The summed E-state index contributed by atoms with van der Waals surface area (Å²) in [6, 6.07) is 16.8. The van der Waals surface area contributed by atoms with Gasteiger partial charge in [0.05, 0.1) is 12.1 Å². The fourth-order valence-electron chi connectivity index (χ4n) is 3.09. The molecule has 0 saturated carbocycles. The van der Waals surface area contributed by atoms with Crippen LogP contribution in [-0.4, -0.2) is 23.3 Å².